The Labute approximate surface area is 123 Å². The topological polar surface area (TPSA) is 68.5 Å². The van der Waals surface area contributed by atoms with E-state index in [0.717, 1.165) is 0 Å². The van der Waals surface area contributed by atoms with Crippen LogP contribution in [0.1, 0.15) is 29.1 Å². The monoisotopic (exact) mass is 313 g/mol. The Bertz CT molecular complexity index is 812. The van der Waals surface area contributed by atoms with E-state index in [1.54, 1.807) is 11.5 Å². The zero-order valence-electron chi connectivity index (χ0n) is 10.3. The Balaban J connectivity index is 2.57. The van der Waals surface area contributed by atoms with E-state index in [2.05, 4.69) is 0 Å². The maximum Gasteiger partial charge on any atom is 0.341 e. The van der Waals surface area contributed by atoms with Crippen molar-refractivity contribution in [1.82, 2.24) is 4.57 Å². The summed E-state index contributed by atoms with van der Waals surface area (Å²) in [6.07, 6.45) is 0.894. The molecule has 20 heavy (non-hydrogen) atoms. The van der Waals surface area contributed by atoms with Crippen molar-refractivity contribution >= 4 is 40.1 Å². The summed E-state index contributed by atoms with van der Waals surface area (Å²) >= 11 is 12.1. The first kappa shape index (κ1) is 13.4. The Kier molecular flexibility index (Phi) is 3.01. The van der Waals surface area contributed by atoms with Crippen molar-refractivity contribution in [3.8, 4) is 0 Å². The second kappa shape index (κ2) is 4.48. The Hall–Kier alpha value is -1.56. The number of pyridine rings is 1. The number of carboxylic acids is 1. The lowest BCUT2D eigenvalue weighted by molar-refractivity contribution is -0.00184. The van der Waals surface area contributed by atoms with Gasteiger partial charge in [0.05, 0.1) is 22.2 Å². The molecule has 0 saturated carbocycles. The fourth-order valence-corrected chi connectivity index (χ4v) is 2.82. The molecule has 0 aliphatic carbocycles. The van der Waals surface area contributed by atoms with Crippen LogP contribution in [0.15, 0.2) is 17.1 Å². The van der Waals surface area contributed by atoms with Crippen LogP contribution in [-0.4, -0.2) is 15.6 Å². The normalized spacial score (nSPS) is 17.4. The number of halogens is 2. The highest BCUT2D eigenvalue weighted by molar-refractivity contribution is 6.43. The van der Waals surface area contributed by atoms with Crippen molar-refractivity contribution in [3.05, 3.63) is 43.7 Å². The summed E-state index contributed by atoms with van der Waals surface area (Å²) in [5.74, 6) is -1.29. The van der Waals surface area contributed by atoms with E-state index in [4.69, 9.17) is 33.0 Å². The van der Waals surface area contributed by atoms with Gasteiger partial charge in [0.25, 0.3) is 0 Å². The van der Waals surface area contributed by atoms with Crippen LogP contribution in [0.5, 0.6) is 0 Å². The summed E-state index contributed by atoms with van der Waals surface area (Å²) in [7, 11) is 0. The van der Waals surface area contributed by atoms with Gasteiger partial charge in [-0.15, -0.1) is 0 Å². The Morgan fingerprint density at radius 2 is 2.20 bits per heavy atom. The van der Waals surface area contributed by atoms with Gasteiger partial charge in [0.1, 0.15) is 11.8 Å². The smallest absolute Gasteiger partial charge is 0.341 e. The third-order valence-corrected chi connectivity index (χ3v) is 4.22. The van der Waals surface area contributed by atoms with Gasteiger partial charge in [0.15, 0.2) is 0 Å². The van der Waals surface area contributed by atoms with Crippen molar-refractivity contribution in [2.24, 2.45) is 0 Å². The maximum atomic E-state index is 12.2. The Morgan fingerprint density at radius 3 is 2.85 bits per heavy atom. The van der Waals surface area contributed by atoms with Crippen LogP contribution in [0.4, 0.5) is 0 Å². The molecule has 3 rings (SSSR count). The van der Waals surface area contributed by atoms with Crippen molar-refractivity contribution in [2.75, 3.05) is 0 Å². The van der Waals surface area contributed by atoms with Gasteiger partial charge in [-0.3, -0.25) is 4.79 Å². The molecule has 104 valence electrons. The van der Waals surface area contributed by atoms with Gasteiger partial charge in [0, 0.05) is 17.1 Å². The van der Waals surface area contributed by atoms with Crippen molar-refractivity contribution < 1.29 is 14.6 Å². The van der Waals surface area contributed by atoms with E-state index in [9.17, 15) is 9.59 Å². The van der Waals surface area contributed by atoms with E-state index >= 15 is 0 Å². The predicted octanol–water partition coefficient (Wildman–Crippen LogP) is 3.06. The number of aromatic carboxylic acids is 1. The molecule has 1 aliphatic rings. The molecule has 0 spiro atoms. The molecule has 0 amide bonds. The number of carbonyl (C=O) groups is 1. The lowest BCUT2D eigenvalue weighted by Crippen LogP contribution is -2.25. The average Bonchev–Trinajstić information content (AvgIpc) is 2.39. The first-order chi connectivity index (χ1) is 9.41. The van der Waals surface area contributed by atoms with Crippen LogP contribution in [0.3, 0.4) is 0 Å². The molecule has 1 aliphatic heterocycles. The van der Waals surface area contributed by atoms with Crippen LogP contribution < -0.4 is 5.43 Å². The van der Waals surface area contributed by atoms with Crippen LogP contribution in [0, 0.1) is 0 Å². The molecule has 2 aromatic rings. The summed E-state index contributed by atoms with van der Waals surface area (Å²) in [5.41, 5.74) is 0.284. The fourth-order valence-electron chi connectivity index (χ4n) is 2.40. The summed E-state index contributed by atoms with van der Waals surface area (Å²) in [6.45, 7) is 1.99. The standard InChI is InChI=1S/C13H9Cl2NO4/c1-5-16-3-7(13(18)19)12(17)6-2-9(14)10(15)8(4-20-5)11(6)16/h2-3,5H,4H2,1H3,(H,18,19). The molecule has 7 heteroatoms. The first-order valence-corrected chi connectivity index (χ1v) is 6.58. The van der Waals surface area contributed by atoms with Crippen molar-refractivity contribution in [2.45, 2.75) is 19.8 Å². The lowest BCUT2D eigenvalue weighted by atomic mass is 10.1. The summed E-state index contributed by atoms with van der Waals surface area (Å²) < 4.78 is 7.13. The number of aromatic nitrogens is 1. The third-order valence-electron chi connectivity index (χ3n) is 3.39. The van der Waals surface area contributed by atoms with Gasteiger partial charge in [0.2, 0.25) is 5.43 Å². The average molecular weight is 314 g/mol. The largest absolute Gasteiger partial charge is 0.477 e. The Morgan fingerprint density at radius 1 is 1.50 bits per heavy atom. The minimum absolute atomic E-state index is 0.207. The number of hydrogen-bond donors (Lipinski definition) is 1. The summed E-state index contributed by atoms with van der Waals surface area (Å²) in [4.78, 5) is 23.4. The van der Waals surface area contributed by atoms with E-state index in [1.807, 2.05) is 0 Å². The molecule has 0 saturated heterocycles. The molecular weight excluding hydrogens is 305 g/mol. The number of rotatable bonds is 1. The highest BCUT2D eigenvalue weighted by Gasteiger charge is 2.25. The van der Waals surface area contributed by atoms with Gasteiger partial charge in [-0.2, -0.15) is 0 Å². The lowest BCUT2D eigenvalue weighted by Gasteiger charge is -2.27. The van der Waals surface area contributed by atoms with Gasteiger partial charge in [-0.05, 0) is 13.0 Å². The number of ether oxygens (including phenoxy) is 1. The first-order valence-electron chi connectivity index (χ1n) is 5.82. The van der Waals surface area contributed by atoms with Crippen LogP contribution >= 0.6 is 23.2 Å². The molecule has 5 nitrogen and oxygen atoms in total. The minimum Gasteiger partial charge on any atom is -0.477 e. The molecule has 0 fully saturated rings. The highest BCUT2D eigenvalue weighted by Crippen LogP contribution is 2.37. The van der Waals surface area contributed by atoms with E-state index in [0.29, 0.717) is 16.1 Å². The third kappa shape index (κ3) is 1.74. The van der Waals surface area contributed by atoms with Gasteiger partial charge < -0.3 is 14.4 Å². The molecule has 1 aromatic heterocycles. The quantitative estimate of drug-likeness (QED) is 0.878. The molecule has 1 aromatic carbocycles. The summed E-state index contributed by atoms with van der Waals surface area (Å²) in [6, 6.07) is 1.41. The van der Waals surface area contributed by atoms with E-state index in [-0.39, 0.29) is 28.8 Å². The zero-order valence-corrected chi connectivity index (χ0v) is 11.8. The second-order valence-electron chi connectivity index (χ2n) is 4.54. The fraction of sp³-hybridized carbons (Fsp3) is 0.231. The van der Waals surface area contributed by atoms with Crippen LogP contribution in [0.25, 0.3) is 10.9 Å². The minimum atomic E-state index is -1.29. The summed E-state index contributed by atoms with van der Waals surface area (Å²) in [5, 5.41) is 9.90. The molecular formula is C13H9Cl2NO4. The number of carboxylic acid groups (broad SMARTS) is 1. The molecule has 1 N–H and O–H groups in total. The molecule has 1 atom stereocenters. The van der Waals surface area contributed by atoms with E-state index in [1.165, 1.54) is 12.3 Å². The predicted molar refractivity (Wildman–Crippen MR) is 74.7 cm³/mol. The van der Waals surface area contributed by atoms with Crippen LogP contribution in [-0.2, 0) is 11.3 Å². The number of nitrogens with zero attached hydrogens (tertiary/aromatic N) is 1. The highest BCUT2D eigenvalue weighted by atomic mass is 35.5. The van der Waals surface area contributed by atoms with Crippen LogP contribution in [0.2, 0.25) is 10.0 Å². The SMILES string of the molecule is CC1OCc2c(Cl)c(Cl)cc3c(=O)c(C(=O)O)cn1c23. The molecule has 0 radical (unpaired) electrons. The zero-order chi connectivity index (χ0) is 14.6. The van der Waals surface area contributed by atoms with Gasteiger partial charge in [-0.25, -0.2) is 4.79 Å². The number of hydrogen-bond acceptors (Lipinski definition) is 3. The van der Waals surface area contributed by atoms with Gasteiger partial charge >= 0.3 is 5.97 Å². The molecule has 2 heterocycles. The van der Waals surface area contributed by atoms with Gasteiger partial charge in [-0.1, -0.05) is 23.2 Å². The van der Waals surface area contributed by atoms with Crippen molar-refractivity contribution in [1.29, 1.82) is 0 Å². The van der Waals surface area contributed by atoms with E-state index < -0.39 is 11.4 Å². The molecule has 0 bridgehead atoms. The number of benzene rings is 1. The second-order valence-corrected chi connectivity index (χ2v) is 5.33. The molecule has 1 unspecified atom stereocenters. The van der Waals surface area contributed by atoms with Crippen molar-refractivity contribution in [3.63, 3.8) is 0 Å². The maximum absolute atomic E-state index is 12.2.